The van der Waals surface area contributed by atoms with Crippen LogP contribution in [0.3, 0.4) is 0 Å². The predicted octanol–water partition coefficient (Wildman–Crippen LogP) is 0.697. The SMILES string of the molecule is CC[C@H]1OC(=O)[C@H](C)[C@@H](O[C@H]2C[C@@](C)(OC)[C@@H](O)[C@H](C)O2)[C@H](C)[C@@H](O[C@@H]2O[C@H](C)[C@@H](OCN)[C@H](N(C)C)[C@H]2O)[C@](C)(O)C[C@@H](C)C(=O)[C@H](C)[C@@H](O)[C@]1(C)O. The lowest BCUT2D eigenvalue weighted by atomic mass is 9.74. The fraction of sp³-hybridized carbons (Fsp3) is 0.947. The molecule has 0 saturated carbocycles. The van der Waals surface area contributed by atoms with E-state index in [-0.39, 0.29) is 26.0 Å². The molecule has 3 aliphatic rings. The van der Waals surface area contributed by atoms with Gasteiger partial charge in [-0.3, -0.25) is 9.59 Å². The highest BCUT2D eigenvalue weighted by Crippen LogP contribution is 2.41. The maximum atomic E-state index is 14.1. The van der Waals surface area contributed by atoms with Crippen LogP contribution >= 0.6 is 0 Å². The van der Waals surface area contributed by atoms with Gasteiger partial charge in [0.2, 0.25) is 0 Å². The second kappa shape index (κ2) is 18.5. The second-order valence-corrected chi connectivity index (χ2v) is 16.9. The molecule has 16 heteroatoms. The molecule has 0 bridgehead atoms. The largest absolute Gasteiger partial charge is 0.459 e. The number of likely N-dealkylation sites (N-methyl/N-ethyl adjacent to an activating group) is 1. The van der Waals surface area contributed by atoms with Crippen molar-refractivity contribution in [1.29, 1.82) is 0 Å². The first kappa shape index (κ1) is 47.0. The summed E-state index contributed by atoms with van der Waals surface area (Å²) in [5, 5.41) is 58.1. The number of aliphatic hydroxyl groups excluding tert-OH is 3. The van der Waals surface area contributed by atoms with Gasteiger partial charge in [0, 0.05) is 31.3 Å². The summed E-state index contributed by atoms with van der Waals surface area (Å²) in [6.45, 7) is 16.0. The van der Waals surface area contributed by atoms with Crippen molar-refractivity contribution in [3.05, 3.63) is 0 Å². The number of aliphatic hydroxyl groups is 5. The van der Waals surface area contributed by atoms with Crippen LogP contribution in [0.2, 0.25) is 0 Å². The molecular formula is C38H70N2O14. The van der Waals surface area contributed by atoms with Gasteiger partial charge in [-0.1, -0.05) is 27.7 Å². The summed E-state index contributed by atoms with van der Waals surface area (Å²) < 4.78 is 43.0. The Labute approximate surface area is 320 Å². The molecular weight excluding hydrogens is 708 g/mol. The highest BCUT2D eigenvalue weighted by atomic mass is 16.7. The van der Waals surface area contributed by atoms with E-state index in [1.807, 2.05) is 0 Å². The maximum absolute atomic E-state index is 14.1. The Hall–Kier alpha value is -1.38. The molecule has 316 valence electrons. The maximum Gasteiger partial charge on any atom is 0.311 e. The van der Waals surface area contributed by atoms with Crippen LogP contribution in [0.4, 0.5) is 0 Å². The molecule has 19 atom stereocenters. The first-order valence-corrected chi connectivity index (χ1v) is 19.3. The first-order chi connectivity index (χ1) is 24.9. The van der Waals surface area contributed by atoms with E-state index >= 15 is 0 Å². The van der Waals surface area contributed by atoms with E-state index in [4.69, 9.17) is 38.9 Å². The minimum Gasteiger partial charge on any atom is -0.459 e. The Bertz CT molecular complexity index is 1240. The Morgan fingerprint density at radius 2 is 1.48 bits per heavy atom. The number of Topliss-reactive ketones (excluding diaryl/α,β-unsaturated/α-hetero) is 1. The molecule has 0 amide bonds. The van der Waals surface area contributed by atoms with E-state index in [1.54, 1.807) is 67.5 Å². The molecule has 3 fully saturated rings. The minimum absolute atomic E-state index is 0.0683. The normalized spacial score (nSPS) is 49.0. The van der Waals surface area contributed by atoms with Crippen LogP contribution < -0.4 is 5.73 Å². The number of ether oxygens (including phenoxy) is 7. The van der Waals surface area contributed by atoms with Crippen LogP contribution in [-0.4, -0.2) is 160 Å². The summed E-state index contributed by atoms with van der Waals surface area (Å²) in [7, 11) is 5.01. The number of hydrogen-bond acceptors (Lipinski definition) is 16. The van der Waals surface area contributed by atoms with Crippen LogP contribution in [0.1, 0.15) is 88.5 Å². The number of ketones is 1. The average molecular weight is 779 g/mol. The molecule has 0 aromatic carbocycles. The molecule has 3 saturated heterocycles. The number of esters is 1. The van der Waals surface area contributed by atoms with Gasteiger partial charge in [0.05, 0.1) is 60.4 Å². The smallest absolute Gasteiger partial charge is 0.311 e. The zero-order chi connectivity index (χ0) is 41.2. The van der Waals surface area contributed by atoms with E-state index in [1.165, 1.54) is 27.9 Å². The molecule has 0 aromatic heterocycles. The highest BCUT2D eigenvalue weighted by molar-refractivity contribution is 5.83. The molecule has 0 aromatic rings. The summed E-state index contributed by atoms with van der Waals surface area (Å²) in [6.07, 6.45) is -11.9. The first-order valence-electron chi connectivity index (χ1n) is 19.3. The minimum atomic E-state index is -2.02. The summed E-state index contributed by atoms with van der Waals surface area (Å²) >= 11 is 0. The topological polar surface area (TPSA) is 229 Å². The summed E-state index contributed by atoms with van der Waals surface area (Å²) in [5.74, 6) is -5.20. The third kappa shape index (κ3) is 9.83. The fourth-order valence-electron chi connectivity index (χ4n) is 8.82. The van der Waals surface area contributed by atoms with E-state index in [2.05, 4.69) is 0 Å². The lowest BCUT2D eigenvalue weighted by Gasteiger charge is -2.50. The Kier molecular flexibility index (Phi) is 16.1. The zero-order valence-electron chi connectivity index (χ0n) is 34.5. The van der Waals surface area contributed by atoms with Crippen molar-refractivity contribution in [3.8, 4) is 0 Å². The molecule has 0 radical (unpaired) electrons. The summed E-state index contributed by atoms with van der Waals surface area (Å²) in [4.78, 5) is 29.8. The highest BCUT2D eigenvalue weighted by Gasteiger charge is 2.54. The number of rotatable bonds is 9. The van der Waals surface area contributed by atoms with Crippen molar-refractivity contribution >= 4 is 11.8 Å². The second-order valence-electron chi connectivity index (χ2n) is 16.9. The number of hydrogen-bond donors (Lipinski definition) is 6. The summed E-state index contributed by atoms with van der Waals surface area (Å²) in [6, 6.07) is -0.640. The van der Waals surface area contributed by atoms with Gasteiger partial charge < -0.3 is 69.3 Å². The van der Waals surface area contributed by atoms with Crippen molar-refractivity contribution in [2.24, 2.45) is 29.4 Å². The van der Waals surface area contributed by atoms with Crippen LogP contribution in [-0.2, 0) is 42.7 Å². The van der Waals surface area contributed by atoms with Crippen LogP contribution in [0.25, 0.3) is 0 Å². The molecule has 3 aliphatic heterocycles. The molecule has 0 aliphatic carbocycles. The lowest BCUT2D eigenvalue weighted by Crippen LogP contribution is -2.65. The van der Waals surface area contributed by atoms with Crippen molar-refractivity contribution in [1.82, 2.24) is 4.90 Å². The van der Waals surface area contributed by atoms with Gasteiger partial charge >= 0.3 is 5.97 Å². The van der Waals surface area contributed by atoms with Gasteiger partial charge in [-0.2, -0.15) is 0 Å². The molecule has 54 heavy (non-hydrogen) atoms. The quantitative estimate of drug-likeness (QED) is 0.140. The molecule has 16 nitrogen and oxygen atoms in total. The monoisotopic (exact) mass is 778 g/mol. The van der Waals surface area contributed by atoms with Gasteiger partial charge in [0.15, 0.2) is 12.6 Å². The number of methoxy groups -OCH3 is 1. The van der Waals surface area contributed by atoms with Gasteiger partial charge in [-0.25, -0.2) is 0 Å². The van der Waals surface area contributed by atoms with Crippen LogP contribution in [0.5, 0.6) is 0 Å². The number of nitrogens with two attached hydrogens (primary N) is 1. The van der Waals surface area contributed by atoms with E-state index in [9.17, 15) is 35.1 Å². The van der Waals surface area contributed by atoms with Crippen molar-refractivity contribution in [3.63, 3.8) is 0 Å². The van der Waals surface area contributed by atoms with Crippen molar-refractivity contribution < 1.29 is 68.3 Å². The molecule has 7 N–H and O–H groups in total. The number of cyclic esters (lactones) is 1. The molecule has 0 spiro atoms. The zero-order valence-corrected chi connectivity index (χ0v) is 34.5. The third-order valence-electron chi connectivity index (χ3n) is 12.2. The van der Waals surface area contributed by atoms with Crippen LogP contribution in [0, 0.1) is 23.7 Å². The van der Waals surface area contributed by atoms with Crippen molar-refractivity contribution in [2.75, 3.05) is 27.9 Å². The number of carbonyl (C=O) groups excluding carboxylic acids is 2. The van der Waals surface area contributed by atoms with Crippen molar-refractivity contribution in [2.45, 2.75) is 179 Å². The molecule has 0 unspecified atom stereocenters. The van der Waals surface area contributed by atoms with E-state index < -0.39 is 126 Å². The summed E-state index contributed by atoms with van der Waals surface area (Å²) in [5.41, 5.74) is 0.772. The molecule has 3 heterocycles. The standard InChI is InChI=1S/C38H70N2O14/c1-14-24-38(10,47)31(43)19(3)27(41)18(2)15-36(8,46)33(54-35-28(42)26(40(11)12)30(49-17-39)22(6)51-35)20(4)29(21(5)34(45)52-24)53-25-16-37(9,48-13)32(44)23(7)50-25/h18-26,28-33,35,42-44,46-47H,14-17,39H2,1-13H3/t18-,19+,20+,21-,22-,23+,24-,25+,26-,28-,29+,30-,31-,32+,33-,35+,36-,37-,38-/m1/s1. The molecule has 3 rings (SSSR count). The lowest BCUT2D eigenvalue weighted by molar-refractivity contribution is -0.329. The predicted molar refractivity (Wildman–Crippen MR) is 196 cm³/mol. The Morgan fingerprint density at radius 1 is 0.870 bits per heavy atom. The average Bonchev–Trinajstić information content (AvgIpc) is 3.09. The Balaban J connectivity index is 2.20. The fourth-order valence-corrected chi connectivity index (χ4v) is 8.82. The third-order valence-corrected chi connectivity index (χ3v) is 12.2. The number of nitrogens with zero attached hydrogens (tertiary/aromatic N) is 1. The van der Waals surface area contributed by atoms with E-state index in [0.717, 1.165) is 0 Å². The van der Waals surface area contributed by atoms with Gasteiger partial charge in [0.25, 0.3) is 0 Å². The van der Waals surface area contributed by atoms with E-state index in [0.29, 0.717) is 0 Å². The van der Waals surface area contributed by atoms with Gasteiger partial charge in [0.1, 0.15) is 35.8 Å². The van der Waals surface area contributed by atoms with Gasteiger partial charge in [-0.15, -0.1) is 0 Å². The van der Waals surface area contributed by atoms with Crippen LogP contribution in [0.15, 0.2) is 0 Å². The van der Waals surface area contributed by atoms with Gasteiger partial charge in [-0.05, 0) is 68.5 Å². The Morgan fingerprint density at radius 3 is 2.02 bits per heavy atom. The number of carbonyl (C=O) groups is 2.